The van der Waals surface area contributed by atoms with Gasteiger partial charge in [-0.15, -0.1) is 0 Å². The summed E-state index contributed by atoms with van der Waals surface area (Å²) in [7, 11) is 0. The van der Waals surface area contributed by atoms with E-state index in [1.165, 1.54) is 0 Å². The molecule has 1 atom stereocenters. The third kappa shape index (κ3) is 5.72. The summed E-state index contributed by atoms with van der Waals surface area (Å²) in [5.41, 5.74) is 1.51. The van der Waals surface area contributed by atoms with Gasteiger partial charge in [0, 0.05) is 37.0 Å². The second kappa shape index (κ2) is 9.77. The fraction of sp³-hybridized carbons (Fsp3) is 0.400. The SMILES string of the molecule is O=C(NC(Cc1ccccc1)C(=O)NC1CCN(C(=O)C2CC2)CC1)c1ccccc1. The van der Waals surface area contributed by atoms with Gasteiger partial charge in [0.25, 0.3) is 5.91 Å². The Labute approximate surface area is 183 Å². The summed E-state index contributed by atoms with van der Waals surface area (Å²) < 4.78 is 0. The monoisotopic (exact) mass is 419 g/mol. The average Bonchev–Trinajstić information content (AvgIpc) is 3.65. The molecule has 2 fully saturated rings. The first-order valence-electron chi connectivity index (χ1n) is 11.1. The van der Waals surface area contributed by atoms with E-state index in [-0.39, 0.29) is 29.7 Å². The summed E-state index contributed by atoms with van der Waals surface area (Å²) in [6, 6.07) is 18.0. The Morgan fingerprint density at radius 2 is 1.48 bits per heavy atom. The van der Waals surface area contributed by atoms with E-state index in [9.17, 15) is 14.4 Å². The van der Waals surface area contributed by atoms with Gasteiger partial charge in [-0.05, 0) is 43.4 Å². The standard InChI is InChI=1S/C25H29N3O3/c29-23(19-9-5-2-6-10-19)27-22(17-18-7-3-1-4-8-18)24(30)26-21-13-15-28(16-14-21)25(31)20-11-12-20/h1-10,20-22H,11-17H2,(H,26,30)(H,27,29). The molecule has 2 aliphatic rings. The van der Waals surface area contributed by atoms with Gasteiger partial charge in [0.2, 0.25) is 11.8 Å². The van der Waals surface area contributed by atoms with E-state index in [1.54, 1.807) is 24.3 Å². The molecule has 6 heteroatoms. The highest BCUT2D eigenvalue weighted by molar-refractivity contribution is 5.97. The zero-order valence-electron chi connectivity index (χ0n) is 17.6. The van der Waals surface area contributed by atoms with Crippen molar-refractivity contribution < 1.29 is 14.4 Å². The van der Waals surface area contributed by atoms with Gasteiger partial charge in [-0.1, -0.05) is 48.5 Å². The van der Waals surface area contributed by atoms with E-state index in [0.29, 0.717) is 25.1 Å². The summed E-state index contributed by atoms with van der Waals surface area (Å²) in [6.45, 7) is 1.36. The van der Waals surface area contributed by atoms with Gasteiger partial charge in [0.05, 0.1) is 0 Å². The lowest BCUT2D eigenvalue weighted by Gasteiger charge is -2.33. The third-order valence-corrected chi connectivity index (χ3v) is 6.02. The molecular formula is C25H29N3O3. The van der Waals surface area contributed by atoms with Crippen molar-refractivity contribution in [2.75, 3.05) is 13.1 Å². The summed E-state index contributed by atoms with van der Waals surface area (Å²) in [5, 5.41) is 6.01. The van der Waals surface area contributed by atoms with Crippen LogP contribution in [0.15, 0.2) is 60.7 Å². The van der Waals surface area contributed by atoms with Crippen LogP contribution in [0, 0.1) is 5.92 Å². The molecule has 1 aliphatic heterocycles. The normalized spacial score (nSPS) is 17.6. The molecule has 2 N–H and O–H groups in total. The van der Waals surface area contributed by atoms with Crippen LogP contribution in [-0.2, 0) is 16.0 Å². The summed E-state index contributed by atoms with van der Waals surface area (Å²) >= 11 is 0. The minimum Gasteiger partial charge on any atom is -0.351 e. The van der Waals surface area contributed by atoms with Crippen LogP contribution in [0.5, 0.6) is 0 Å². The van der Waals surface area contributed by atoms with Gasteiger partial charge in [-0.2, -0.15) is 0 Å². The van der Waals surface area contributed by atoms with Crippen LogP contribution in [-0.4, -0.2) is 47.8 Å². The minimum atomic E-state index is -0.666. The molecule has 2 aromatic rings. The molecule has 162 valence electrons. The van der Waals surface area contributed by atoms with Crippen LogP contribution in [0.3, 0.4) is 0 Å². The Bertz CT molecular complexity index is 904. The van der Waals surface area contributed by atoms with Crippen LogP contribution in [0.2, 0.25) is 0 Å². The largest absolute Gasteiger partial charge is 0.351 e. The van der Waals surface area contributed by atoms with E-state index in [4.69, 9.17) is 0 Å². The molecule has 0 bridgehead atoms. The van der Waals surface area contributed by atoms with Gasteiger partial charge < -0.3 is 15.5 Å². The molecule has 0 spiro atoms. The maximum atomic E-state index is 13.1. The minimum absolute atomic E-state index is 0.0163. The summed E-state index contributed by atoms with van der Waals surface area (Å²) in [4.78, 5) is 40.0. The van der Waals surface area contributed by atoms with Crippen molar-refractivity contribution >= 4 is 17.7 Å². The molecule has 1 heterocycles. The zero-order chi connectivity index (χ0) is 21.6. The lowest BCUT2D eigenvalue weighted by atomic mass is 10.0. The number of carbonyl (C=O) groups excluding carboxylic acids is 3. The number of rotatable bonds is 7. The number of benzene rings is 2. The van der Waals surface area contributed by atoms with E-state index < -0.39 is 6.04 Å². The fourth-order valence-corrected chi connectivity index (χ4v) is 4.02. The van der Waals surface area contributed by atoms with Crippen molar-refractivity contribution in [3.05, 3.63) is 71.8 Å². The average molecular weight is 420 g/mol. The lowest BCUT2D eigenvalue weighted by Crippen LogP contribution is -2.53. The van der Waals surface area contributed by atoms with Gasteiger partial charge in [0.1, 0.15) is 6.04 Å². The number of likely N-dealkylation sites (tertiary alicyclic amines) is 1. The smallest absolute Gasteiger partial charge is 0.251 e. The number of amides is 3. The Balaban J connectivity index is 1.37. The molecule has 31 heavy (non-hydrogen) atoms. The molecule has 1 aliphatic carbocycles. The van der Waals surface area contributed by atoms with Crippen molar-refractivity contribution in [3.8, 4) is 0 Å². The molecule has 1 saturated carbocycles. The van der Waals surface area contributed by atoms with Crippen LogP contribution >= 0.6 is 0 Å². The van der Waals surface area contributed by atoms with Crippen molar-refractivity contribution in [2.24, 2.45) is 5.92 Å². The Morgan fingerprint density at radius 3 is 2.10 bits per heavy atom. The maximum Gasteiger partial charge on any atom is 0.251 e. The topological polar surface area (TPSA) is 78.5 Å². The maximum absolute atomic E-state index is 13.1. The van der Waals surface area contributed by atoms with E-state index in [1.807, 2.05) is 41.3 Å². The highest BCUT2D eigenvalue weighted by Crippen LogP contribution is 2.31. The van der Waals surface area contributed by atoms with Crippen molar-refractivity contribution in [3.63, 3.8) is 0 Å². The first-order chi connectivity index (χ1) is 15.1. The second-order valence-corrected chi connectivity index (χ2v) is 8.46. The van der Waals surface area contributed by atoms with Crippen LogP contribution < -0.4 is 10.6 Å². The van der Waals surface area contributed by atoms with Gasteiger partial charge >= 0.3 is 0 Å². The Kier molecular flexibility index (Phi) is 6.65. The van der Waals surface area contributed by atoms with Crippen LogP contribution in [0.25, 0.3) is 0 Å². The Morgan fingerprint density at radius 1 is 0.871 bits per heavy atom. The number of nitrogens with zero attached hydrogens (tertiary/aromatic N) is 1. The molecule has 3 amide bonds. The van der Waals surface area contributed by atoms with Crippen molar-refractivity contribution in [1.82, 2.24) is 15.5 Å². The fourth-order valence-electron chi connectivity index (χ4n) is 4.02. The molecule has 0 radical (unpaired) electrons. The van der Waals surface area contributed by atoms with Gasteiger partial charge in [-0.3, -0.25) is 14.4 Å². The molecule has 0 aromatic heterocycles. The molecular weight excluding hydrogens is 390 g/mol. The second-order valence-electron chi connectivity index (χ2n) is 8.46. The van der Waals surface area contributed by atoms with E-state index in [0.717, 1.165) is 31.2 Å². The molecule has 6 nitrogen and oxygen atoms in total. The predicted octanol–water partition coefficient (Wildman–Crippen LogP) is 2.54. The number of piperidine rings is 1. The number of nitrogens with one attached hydrogen (secondary N) is 2. The van der Waals surface area contributed by atoms with Gasteiger partial charge in [-0.25, -0.2) is 0 Å². The highest BCUT2D eigenvalue weighted by Gasteiger charge is 2.35. The molecule has 1 saturated heterocycles. The molecule has 2 aromatic carbocycles. The van der Waals surface area contributed by atoms with E-state index in [2.05, 4.69) is 10.6 Å². The predicted molar refractivity (Wildman–Crippen MR) is 118 cm³/mol. The highest BCUT2D eigenvalue weighted by atomic mass is 16.2. The van der Waals surface area contributed by atoms with Crippen LogP contribution in [0.4, 0.5) is 0 Å². The summed E-state index contributed by atoms with van der Waals surface area (Å²) in [6.07, 6.45) is 3.93. The molecule has 4 rings (SSSR count). The summed E-state index contributed by atoms with van der Waals surface area (Å²) in [5.74, 6) is 0.0538. The number of hydrogen-bond acceptors (Lipinski definition) is 3. The lowest BCUT2D eigenvalue weighted by molar-refractivity contribution is -0.133. The van der Waals surface area contributed by atoms with Gasteiger partial charge in [0.15, 0.2) is 0 Å². The van der Waals surface area contributed by atoms with Crippen molar-refractivity contribution in [2.45, 2.75) is 44.2 Å². The van der Waals surface area contributed by atoms with Crippen molar-refractivity contribution in [1.29, 1.82) is 0 Å². The first kappa shape index (κ1) is 21.1. The Hall–Kier alpha value is -3.15. The zero-order valence-corrected chi connectivity index (χ0v) is 17.6. The van der Waals surface area contributed by atoms with Crippen LogP contribution in [0.1, 0.15) is 41.6 Å². The molecule has 1 unspecified atom stereocenters. The third-order valence-electron chi connectivity index (χ3n) is 6.02. The first-order valence-corrected chi connectivity index (χ1v) is 11.1. The quantitative estimate of drug-likeness (QED) is 0.724. The number of hydrogen-bond donors (Lipinski definition) is 2. The van der Waals surface area contributed by atoms with E-state index >= 15 is 0 Å². The number of carbonyl (C=O) groups is 3.